The fraction of sp³-hybridized carbons (Fsp3) is 0.150. The quantitative estimate of drug-likeness (QED) is 0.486. The van der Waals surface area contributed by atoms with E-state index in [4.69, 9.17) is 5.14 Å². The molecule has 2 N–H and O–H groups in total. The van der Waals surface area contributed by atoms with Crippen LogP contribution in [0.5, 0.6) is 0 Å². The molecule has 0 atom stereocenters. The summed E-state index contributed by atoms with van der Waals surface area (Å²) in [6.45, 7) is 7.12. The zero-order chi connectivity index (χ0) is 21.8. The number of hydrogen-bond donors (Lipinski definition) is 1. The molecule has 2 aromatic carbocycles. The van der Waals surface area contributed by atoms with E-state index < -0.39 is 21.9 Å². The first-order valence-corrected chi connectivity index (χ1v) is 9.96. The second-order valence-corrected chi connectivity index (χ2v) is 7.70. The van der Waals surface area contributed by atoms with Crippen LogP contribution in [0.4, 0.5) is 13.2 Å². The molecule has 0 saturated heterocycles. The van der Waals surface area contributed by atoms with Gasteiger partial charge in [-0.15, -0.1) is 6.58 Å². The van der Waals surface area contributed by atoms with Gasteiger partial charge in [-0.25, -0.2) is 18.2 Å². The predicted molar refractivity (Wildman–Crippen MR) is 113 cm³/mol. The molecule has 0 aliphatic heterocycles. The minimum absolute atomic E-state index is 0. The standard InChI is InChI=1S/C17H14F3N3O2S.C3H6.Na.H/c1-11-2-4-12(5-3-11)15-10-16(17(18,19)20)22-23(15)13-6-8-14(9-7-13)26(21,24)25;1-3-2;;/h2-10H,1H3,(H2,21,24,25);3H,1H2,2H3;;. The SMILES string of the molecule is C=CC.Cc1ccc(-c2cc(C(F)(F)F)nn2-c2ccc(S(N)(=O)=O)cc2)cc1.[NaH]. The van der Waals surface area contributed by atoms with Crippen LogP contribution in [0.2, 0.25) is 0 Å². The molecule has 1 heterocycles. The van der Waals surface area contributed by atoms with E-state index in [1.165, 1.54) is 24.3 Å². The van der Waals surface area contributed by atoms with Gasteiger partial charge in [-0.05, 0) is 44.2 Å². The summed E-state index contributed by atoms with van der Waals surface area (Å²) in [6.07, 6.45) is -2.86. The molecule has 156 valence electrons. The van der Waals surface area contributed by atoms with Gasteiger partial charge in [0.25, 0.3) is 0 Å². The number of hydrogen-bond acceptors (Lipinski definition) is 3. The number of allylic oxidation sites excluding steroid dienone is 1. The molecule has 30 heavy (non-hydrogen) atoms. The van der Waals surface area contributed by atoms with Crippen molar-refractivity contribution in [1.82, 2.24) is 9.78 Å². The van der Waals surface area contributed by atoms with Gasteiger partial charge in [-0.2, -0.15) is 18.3 Å². The fourth-order valence-electron chi connectivity index (χ4n) is 2.42. The van der Waals surface area contributed by atoms with Gasteiger partial charge in [-0.3, -0.25) is 0 Å². The molecule has 3 aromatic rings. The second kappa shape index (κ2) is 10.4. The summed E-state index contributed by atoms with van der Waals surface area (Å²) in [7, 11) is -3.90. The molecule has 0 aliphatic rings. The van der Waals surface area contributed by atoms with Crippen LogP contribution in [0.3, 0.4) is 0 Å². The molecule has 0 bridgehead atoms. The number of halogens is 3. The molecule has 1 aromatic heterocycles. The number of alkyl halides is 3. The Bertz CT molecular complexity index is 1090. The van der Waals surface area contributed by atoms with Crippen molar-refractivity contribution in [3.63, 3.8) is 0 Å². The van der Waals surface area contributed by atoms with E-state index in [9.17, 15) is 21.6 Å². The summed E-state index contributed by atoms with van der Waals surface area (Å²) in [4.78, 5) is -0.138. The van der Waals surface area contributed by atoms with Gasteiger partial charge in [0, 0.05) is 5.56 Å². The van der Waals surface area contributed by atoms with Crippen molar-refractivity contribution in [2.24, 2.45) is 5.14 Å². The molecule has 10 heteroatoms. The zero-order valence-corrected chi connectivity index (χ0v) is 16.6. The van der Waals surface area contributed by atoms with Gasteiger partial charge in [0.15, 0.2) is 5.69 Å². The summed E-state index contributed by atoms with van der Waals surface area (Å²) in [6, 6.07) is 13.1. The second-order valence-electron chi connectivity index (χ2n) is 6.14. The average Bonchev–Trinajstić information content (AvgIpc) is 3.08. The zero-order valence-electron chi connectivity index (χ0n) is 15.8. The molecule has 0 saturated carbocycles. The summed E-state index contributed by atoms with van der Waals surface area (Å²) >= 11 is 0. The van der Waals surface area contributed by atoms with Crippen LogP contribution in [-0.4, -0.2) is 47.8 Å². The molecule has 0 fully saturated rings. The van der Waals surface area contributed by atoms with Crippen molar-refractivity contribution in [2.45, 2.75) is 24.9 Å². The summed E-state index contributed by atoms with van der Waals surface area (Å²) in [5.41, 5.74) is 0.996. The van der Waals surface area contributed by atoms with E-state index in [1.54, 1.807) is 30.3 Å². The number of sulfonamides is 1. The third kappa shape index (κ3) is 6.55. The summed E-state index contributed by atoms with van der Waals surface area (Å²) in [5, 5.41) is 8.70. The monoisotopic (exact) mass is 447 g/mol. The molecular weight excluding hydrogens is 426 g/mol. The Kier molecular flexibility index (Phi) is 9.06. The van der Waals surface area contributed by atoms with Crippen LogP contribution in [0.15, 0.2) is 72.1 Å². The van der Waals surface area contributed by atoms with E-state index in [1.807, 2.05) is 13.8 Å². The first-order chi connectivity index (χ1) is 13.5. The normalized spacial score (nSPS) is 11.1. The molecule has 3 rings (SSSR count). The van der Waals surface area contributed by atoms with E-state index in [-0.39, 0.29) is 45.8 Å². The number of primary sulfonamides is 1. The number of nitrogens with two attached hydrogens (primary N) is 1. The van der Waals surface area contributed by atoms with Crippen LogP contribution in [0.1, 0.15) is 18.2 Å². The van der Waals surface area contributed by atoms with Gasteiger partial charge >= 0.3 is 35.7 Å². The summed E-state index contributed by atoms with van der Waals surface area (Å²) in [5.74, 6) is 0. The first-order valence-electron chi connectivity index (χ1n) is 8.42. The van der Waals surface area contributed by atoms with Gasteiger partial charge in [-0.1, -0.05) is 35.9 Å². The van der Waals surface area contributed by atoms with Gasteiger partial charge < -0.3 is 0 Å². The topological polar surface area (TPSA) is 78.0 Å². The molecule has 0 radical (unpaired) electrons. The van der Waals surface area contributed by atoms with Crippen LogP contribution in [0, 0.1) is 6.92 Å². The molecule has 0 unspecified atom stereocenters. The van der Waals surface area contributed by atoms with Crippen LogP contribution in [-0.2, 0) is 16.2 Å². The Balaban J connectivity index is 0.00000106. The third-order valence-electron chi connectivity index (χ3n) is 3.76. The van der Waals surface area contributed by atoms with Gasteiger partial charge in [0.1, 0.15) is 0 Å². The number of benzene rings is 2. The van der Waals surface area contributed by atoms with Crippen LogP contribution >= 0.6 is 0 Å². The number of aromatic nitrogens is 2. The van der Waals surface area contributed by atoms with Crippen molar-refractivity contribution in [3.8, 4) is 16.9 Å². The molecule has 5 nitrogen and oxygen atoms in total. The Hall–Kier alpha value is -1.91. The third-order valence-corrected chi connectivity index (χ3v) is 4.69. The molecule has 0 amide bonds. The van der Waals surface area contributed by atoms with Crippen LogP contribution < -0.4 is 5.14 Å². The Morgan fingerprint density at radius 3 is 2.00 bits per heavy atom. The van der Waals surface area contributed by atoms with Crippen LogP contribution in [0.25, 0.3) is 16.9 Å². The number of rotatable bonds is 3. The Morgan fingerprint density at radius 2 is 1.57 bits per heavy atom. The van der Waals surface area contributed by atoms with E-state index in [0.717, 1.165) is 16.3 Å². The van der Waals surface area contributed by atoms with E-state index >= 15 is 0 Å². The van der Waals surface area contributed by atoms with Crippen molar-refractivity contribution < 1.29 is 21.6 Å². The Labute approximate surface area is 195 Å². The van der Waals surface area contributed by atoms with E-state index in [0.29, 0.717) is 5.56 Å². The minimum atomic E-state index is -4.61. The van der Waals surface area contributed by atoms with Gasteiger partial charge in [0.05, 0.1) is 16.3 Å². The maximum absolute atomic E-state index is 13.1. The fourth-order valence-corrected chi connectivity index (χ4v) is 2.94. The van der Waals surface area contributed by atoms with Crippen molar-refractivity contribution in [3.05, 3.63) is 78.5 Å². The summed E-state index contributed by atoms with van der Waals surface area (Å²) < 4.78 is 63.2. The van der Waals surface area contributed by atoms with Crippen molar-refractivity contribution >= 4 is 39.6 Å². The molecule has 0 spiro atoms. The van der Waals surface area contributed by atoms with E-state index in [2.05, 4.69) is 11.7 Å². The maximum atomic E-state index is 13.1. The van der Waals surface area contributed by atoms with Crippen molar-refractivity contribution in [1.29, 1.82) is 0 Å². The molecule has 0 aliphatic carbocycles. The predicted octanol–water partition coefficient (Wildman–Crippen LogP) is 4.06. The van der Waals surface area contributed by atoms with Gasteiger partial charge in [0.2, 0.25) is 10.0 Å². The number of aryl methyl sites for hydroxylation is 1. The Morgan fingerprint density at radius 1 is 1.07 bits per heavy atom. The first kappa shape index (κ1) is 26.1. The molecular formula is C20H21F3N3NaO2S. The van der Waals surface area contributed by atoms with Crippen molar-refractivity contribution in [2.75, 3.05) is 0 Å². The number of nitrogens with zero attached hydrogens (tertiary/aromatic N) is 2. The average molecular weight is 447 g/mol.